The summed E-state index contributed by atoms with van der Waals surface area (Å²) in [5.74, 6) is 0.552. The lowest BCUT2D eigenvalue weighted by Gasteiger charge is -2.32. The van der Waals surface area contributed by atoms with E-state index in [-0.39, 0.29) is 23.9 Å². The van der Waals surface area contributed by atoms with Gasteiger partial charge in [0.15, 0.2) is 5.21 Å². The molecule has 3 heterocycles. The van der Waals surface area contributed by atoms with Crippen molar-refractivity contribution in [3.05, 3.63) is 125 Å². The molecule has 44 heavy (non-hydrogen) atoms. The molecule has 10 heteroatoms. The van der Waals surface area contributed by atoms with Gasteiger partial charge in [-0.15, -0.1) is 4.68 Å². The first-order valence-corrected chi connectivity index (χ1v) is 14.9. The van der Waals surface area contributed by atoms with Crippen molar-refractivity contribution in [2.45, 2.75) is 31.1 Å². The minimum absolute atomic E-state index is 0. The first-order valence-electron chi connectivity index (χ1n) is 14.5. The second-order valence-corrected chi connectivity index (χ2v) is 11.4. The van der Waals surface area contributed by atoms with E-state index in [1.54, 1.807) is 18.1 Å². The third-order valence-electron chi connectivity index (χ3n) is 8.23. The van der Waals surface area contributed by atoms with Crippen LogP contribution < -0.4 is 4.68 Å². The lowest BCUT2D eigenvalue weighted by Crippen LogP contribution is -2.39. The van der Waals surface area contributed by atoms with Crippen LogP contribution in [0, 0.1) is 0 Å². The summed E-state index contributed by atoms with van der Waals surface area (Å²) in [5, 5.41) is 11.3. The molecule has 1 aliphatic heterocycles. The average molecular weight is 611 g/mol. The zero-order valence-corrected chi connectivity index (χ0v) is 25.3. The summed E-state index contributed by atoms with van der Waals surface area (Å²) in [6.45, 7) is 1.66. The van der Waals surface area contributed by atoms with E-state index in [1.807, 2.05) is 35.4 Å². The van der Waals surface area contributed by atoms with Crippen LogP contribution in [0.2, 0.25) is 5.02 Å². The summed E-state index contributed by atoms with van der Waals surface area (Å²) in [7, 11) is 1.57. The van der Waals surface area contributed by atoms with Crippen molar-refractivity contribution in [2.75, 3.05) is 26.8 Å². The minimum atomic E-state index is 0. The molecule has 3 aromatic carbocycles. The number of pyridine rings is 1. The number of halogens is 1. The summed E-state index contributed by atoms with van der Waals surface area (Å²) in [6.07, 6.45) is 6.27. The molecule has 1 amide bonds. The number of amides is 1. The number of methoxy groups -OCH3 is 1. The Balaban J connectivity index is 0.00000384. The quantitative estimate of drug-likeness (QED) is 0.225. The molecule has 0 unspecified atom stereocenters. The van der Waals surface area contributed by atoms with Gasteiger partial charge in [0.2, 0.25) is 5.91 Å². The number of tetrazole rings is 1. The molecule has 0 radical (unpaired) electrons. The number of likely N-dealkylation sites (tertiary alicyclic amines) is 1. The molecule has 2 N–H and O–H groups in total. The lowest BCUT2D eigenvalue weighted by atomic mass is 9.84. The predicted molar refractivity (Wildman–Crippen MR) is 167 cm³/mol. The highest BCUT2D eigenvalue weighted by Gasteiger charge is 2.25. The number of nitrogens with zero attached hydrogens (tertiary/aromatic N) is 5. The van der Waals surface area contributed by atoms with Gasteiger partial charge in [0.25, 0.3) is 6.33 Å². The van der Waals surface area contributed by atoms with Crippen LogP contribution in [0.5, 0.6) is 0 Å². The van der Waals surface area contributed by atoms with Crippen LogP contribution in [0.3, 0.4) is 0 Å². The maximum Gasteiger partial charge on any atom is 0.293 e. The van der Waals surface area contributed by atoms with Gasteiger partial charge in [-0.2, -0.15) is 0 Å². The van der Waals surface area contributed by atoms with E-state index >= 15 is 0 Å². The molecule has 1 saturated heterocycles. The maximum absolute atomic E-state index is 12.3. The Morgan fingerprint density at radius 3 is 2.57 bits per heavy atom. The second kappa shape index (κ2) is 14.4. The summed E-state index contributed by atoms with van der Waals surface area (Å²) in [6, 6.07) is 29.4. The number of aromatic nitrogens is 5. The normalized spacial score (nSPS) is 14.2. The smallest absolute Gasteiger partial charge is 0.293 e. The Kier molecular flexibility index (Phi) is 10.1. The molecule has 6 rings (SSSR count). The number of nitrogens with one attached hydrogen (secondary N) is 1. The number of aromatic amines is 1. The van der Waals surface area contributed by atoms with Gasteiger partial charge in [-0.1, -0.05) is 77.5 Å². The van der Waals surface area contributed by atoms with Gasteiger partial charge in [-0.25, -0.2) is 0 Å². The monoisotopic (exact) mass is 610 g/mol. The minimum Gasteiger partial charge on any atom is -0.870 e. The number of ether oxygens (including phenoxy) is 1. The molecule has 226 valence electrons. The molecule has 1 aliphatic rings. The van der Waals surface area contributed by atoms with Gasteiger partial charge in [0, 0.05) is 54.2 Å². The summed E-state index contributed by atoms with van der Waals surface area (Å²) in [4.78, 5) is 19.2. The fourth-order valence-electron chi connectivity index (χ4n) is 5.96. The molecular formula is C34H35ClN6O3. The van der Waals surface area contributed by atoms with E-state index in [1.165, 1.54) is 16.7 Å². The van der Waals surface area contributed by atoms with Gasteiger partial charge in [0.05, 0.1) is 0 Å². The zero-order chi connectivity index (χ0) is 29.6. The van der Waals surface area contributed by atoms with Crippen LogP contribution in [0.1, 0.15) is 47.1 Å². The number of H-pyrrole nitrogens is 1. The van der Waals surface area contributed by atoms with Crippen molar-refractivity contribution in [1.29, 1.82) is 0 Å². The van der Waals surface area contributed by atoms with Crippen molar-refractivity contribution >= 4 is 17.5 Å². The molecular weight excluding hydrogens is 576 g/mol. The van der Waals surface area contributed by atoms with Crippen molar-refractivity contribution in [3.63, 3.8) is 0 Å². The topological polar surface area (TPSA) is 118 Å². The van der Waals surface area contributed by atoms with Gasteiger partial charge >= 0.3 is 0 Å². The highest BCUT2D eigenvalue weighted by Crippen LogP contribution is 2.34. The second-order valence-electron chi connectivity index (χ2n) is 10.9. The molecule has 0 bridgehead atoms. The Morgan fingerprint density at radius 1 is 1.05 bits per heavy atom. The standard InChI is InChI=1S/C34H33ClN6O2.H2O/c1-43-22-34(42)40-16-14-25(15-17-40)26-8-5-9-27(19-26)30(18-24-6-3-2-4-7-24)32-12-10-28(21-36-32)31-20-29(35)11-13-33(31)41-23-37-38-39-41;/h2-13,19-21,23,25,30H,14-18,22H2,1H3;1H2/t30-;/m0./s1. The lowest BCUT2D eigenvalue weighted by molar-refractivity contribution is -0.659. The predicted octanol–water partition coefficient (Wildman–Crippen LogP) is 5.35. The molecule has 0 saturated carbocycles. The molecule has 9 nitrogen and oxygen atoms in total. The summed E-state index contributed by atoms with van der Waals surface area (Å²) < 4.78 is 6.80. The van der Waals surface area contributed by atoms with E-state index in [9.17, 15) is 4.79 Å². The van der Waals surface area contributed by atoms with Gasteiger partial charge in [-0.05, 0) is 66.1 Å². The number of rotatable bonds is 9. The Labute approximate surface area is 261 Å². The van der Waals surface area contributed by atoms with Crippen LogP contribution in [-0.2, 0) is 16.0 Å². The Morgan fingerprint density at radius 2 is 1.86 bits per heavy atom. The van der Waals surface area contributed by atoms with Crippen molar-refractivity contribution in [3.8, 4) is 16.8 Å². The average Bonchev–Trinajstić information content (AvgIpc) is 3.60. The SMILES string of the molecule is COCC(=O)N1CCC(c2cccc([C@H](Cc3ccccc3)c3ccc(-c4cc(Cl)ccc4-[n+]4cnn[nH]4)cn3)c2)CC1.[OH-]. The van der Waals surface area contributed by atoms with Crippen LogP contribution in [-0.4, -0.2) is 63.6 Å². The Hall–Kier alpha value is -4.44. The van der Waals surface area contributed by atoms with Crippen LogP contribution in [0.25, 0.3) is 16.8 Å². The van der Waals surface area contributed by atoms with E-state index in [2.05, 4.69) is 76.2 Å². The molecule has 1 atom stereocenters. The first kappa shape index (κ1) is 31.0. The number of carbonyl (C=O) groups excluding carboxylic acids is 1. The highest BCUT2D eigenvalue weighted by atomic mass is 35.5. The maximum atomic E-state index is 12.3. The number of carbonyl (C=O) groups is 1. The number of piperidine rings is 1. The summed E-state index contributed by atoms with van der Waals surface area (Å²) in [5.41, 5.74) is 7.58. The fraction of sp³-hybridized carbons (Fsp3) is 0.265. The zero-order valence-electron chi connectivity index (χ0n) is 24.5. The van der Waals surface area contributed by atoms with E-state index in [4.69, 9.17) is 21.3 Å². The Bertz CT molecular complexity index is 1660. The number of benzene rings is 3. The van der Waals surface area contributed by atoms with E-state index in [0.717, 1.165) is 54.9 Å². The van der Waals surface area contributed by atoms with Gasteiger partial charge in [0.1, 0.15) is 17.4 Å². The summed E-state index contributed by atoms with van der Waals surface area (Å²) >= 11 is 6.40. The third-order valence-corrected chi connectivity index (χ3v) is 8.47. The number of hydrogen-bond donors (Lipinski definition) is 1. The van der Waals surface area contributed by atoms with Gasteiger partial charge in [-0.3, -0.25) is 9.78 Å². The van der Waals surface area contributed by atoms with E-state index < -0.39 is 0 Å². The van der Waals surface area contributed by atoms with Crippen LogP contribution in [0.4, 0.5) is 0 Å². The van der Waals surface area contributed by atoms with Crippen molar-refractivity contribution in [2.24, 2.45) is 0 Å². The number of hydrogen-bond acceptors (Lipinski definition) is 6. The van der Waals surface area contributed by atoms with Crippen LogP contribution >= 0.6 is 11.6 Å². The van der Waals surface area contributed by atoms with E-state index in [0.29, 0.717) is 10.9 Å². The van der Waals surface area contributed by atoms with Crippen molar-refractivity contribution < 1.29 is 19.7 Å². The van der Waals surface area contributed by atoms with Crippen LogP contribution in [0.15, 0.2) is 97.5 Å². The highest BCUT2D eigenvalue weighted by molar-refractivity contribution is 6.31. The molecule has 1 fully saturated rings. The fourth-order valence-corrected chi connectivity index (χ4v) is 6.14. The van der Waals surface area contributed by atoms with Crippen molar-refractivity contribution in [1.82, 2.24) is 25.4 Å². The molecule has 0 spiro atoms. The molecule has 2 aromatic heterocycles. The third kappa shape index (κ3) is 7.02. The molecule has 0 aliphatic carbocycles. The molecule has 5 aromatic rings. The first-order chi connectivity index (χ1) is 21.1. The largest absolute Gasteiger partial charge is 0.870 e. The van der Waals surface area contributed by atoms with Gasteiger partial charge < -0.3 is 15.1 Å².